The van der Waals surface area contributed by atoms with Crippen LogP contribution in [0.1, 0.15) is 28.7 Å². The number of amides is 2. The van der Waals surface area contributed by atoms with Crippen LogP contribution in [0.15, 0.2) is 40.5 Å². The van der Waals surface area contributed by atoms with Gasteiger partial charge in [0.05, 0.1) is 12.1 Å². The van der Waals surface area contributed by atoms with Crippen LogP contribution in [0.4, 0.5) is 0 Å². The van der Waals surface area contributed by atoms with E-state index in [4.69, 9.17) is 0 Å². The van der Waals surface area contributed by atoms with Crippen molar-refractivity contribution in [1.29, 1.82) is 0 Å². The maximum absolute atomic E-state index is 12.6. The largest absolute Gasteiger partial charge is 0.352 e. The molecule has 0 aliphatic heterocycles. The van der Waals surface area contributed by atoms with Crippen molar-refractivity contribution in [2.75, 3.05) is 7.05 Å². The second-order valence-corrected chi connectivity index (χ2v) is 6.83. The summed E-state index contributed by atoms with van der Waals surface area (Å²) in [5, 5.41) is 4.52. The van der Waals surface area contributed by atoms with Gasteiger partial charge >= 0.3 is 0 Å². The molecule has 134 valence electrons. The van der Waals surface area contributed by atoms with Gasteiger partial charge < -0.3 is 15.2 Å². The van der Waals surface area contributed by atoms with Gasteiger partial charge in [0.25, 0.3) is 11.5 Å². The fourth-order valence-corrected chi connectivity index (χ4v) is 3.23. The number of carbonyl (C=O) groups is 2. The highest BCUT2D eigenvalue weighted by Gasteiger charge is 2.14. The number of nitrogens with zero attached hydrogens (tertiary/aromatic N) is 2. The third-order valence-electron chi connectivity index (χ3n) is 3.84. The molecule has 1 aromatic carbocycles. The Balaban J connectivity index is 1.70. The molecule has 2 aromatic heterocycles. The number of rotatable bonds is 5. The first kappa shape index (κ1) is 17.8. The lowest BCUT2D eigenvalue weighted by Crippen LogP contribution is -2.28. The van der Waals surface area contributed by atoms with Crippen molar-refractivity contribution in [2.45, 2.75) is 20.0 Å². The third kappa shape index (κ3) is 3.97. The average molecular weight is 370 g/mol. The minimum atomic E-state index is -0.192. The van der Waals surface area contributed by atoms with E-state index in [2.05, 4.69) is 15.3 Å². The van der Waals surface area contributed by atoms with Crippen molar-refractivity contribution in [3.8, 4) is 0 Å². The van der Waals surface area contributed by atoms with Crippen molar-refractivity contribution < 1.29 is 9.59 Å². The fourth-order valence-electron chi connectivity index (χ4n) is 2.51. The lowest BCUT2D eigenvalue weighted by atomic mass is 10.1. The van der Waals surface area contributed by atoms with E-state index in [-0.39, 0.29) is 23.9 Å². The topological polar surface area (TPSA) is 95.2 Å². The standard InChI is InChI=1S/C18H18N4O3S/c1-11(23)19-9-12-3-5-13(6-4-12)18(25)22(2)10-15-20-14-7-8-26-16(14)17(24)21-15/h3-8H,9-10H2,1-2H3,(H,19,23)(H,20,21,24). The zero-order valence-corrected chi connectivity index (χ0v) is 15.2. The van der Waals surface area contributed by atoms with E-state index in [0.29, 0.717) is 28.1 Å². The van der Waals surface area contributed by atoms with Crippen LogP contribution in [0.2, 0.25) is 0 Å². The van der Waals surface area contributed by atoms with Gasteiger partial charge in [-0.3, -0.25) is 14.4 Å². The van der Waals surface area contributed by atoms with Crippen LogP contribution in [-0.2, 0) is 17.9 Å². The van der Waals surface area contributed by atoms with E-state index in [1.807, 2.05) is 5.38 Å². The van der Waals surface area contributed by atoms with E-state index in [1.54, 1.807) is 37.4 Å². The van der Waals surface area contributed by atoms with Gasteiger partial charge in [0.2, 0.25) is 5.91 Å². The Morgan fingerprint density at radius 2 is 1.96 bits per heavy atom. The Morgan fingerprint density at radius 1 is 1.23 bits per heavy atom. The average Bonchev–Trinajstić information content (AvgIpc) is 3.09. The van der Waals surface area contributed by atoms with E-state index in [9.17, 15) is 14.4 Å². The predicted molar refractivity (Wildman–Crippen MR) is 100 cm³/mol. The minimum absolute atomic E-state index is 0.103. The molecule has 2 amide bonds. The molecule has 2 N–H and O–H groups in total. The summed E-state index contributed by atoms with van der Waals surface area (Å²) in [4.78, 5) is 44.1. The van der Waals surface area contributed by atoms with E-state index < -0.39 is 0 Å². The molecule has 8 heteroatoms. The van der Waals surface area contributed by atoms with Crippen LogP contribution in [0, 0.1) is 0 Å². The molecule has 0 bridgehead atoms. The zero-order chi connectivity index (χ0) is 18.7. The Kier molecular flexibility index (Phi) is 5.13. The predicted octanol–water partition coefficient (Wildman–Crippen LogP) is 1.89. The summed E-state index contributed by atoms with van der Waals surface area (Å²) < 4.78 is 0.581. The molecular formula is C18H18N4O3S. The number of nitrogens with one attached hydrogen (secondary N) is 2. The van der Waals surface area contributed by atoms with Crippen LogP contribution in [-0.4, -0.2) is 33.7 Å². The van der Waals surface area contributed by atoms with Crippen molar-refractivity contribution in [3.05, 3.63) is 63.0 Å². The number of fused-ring (bicyclic) bond motifs is 1. The van der Waals surface area contributed by atoms with E-state index >= 15 is 0 Å². The van der Waals surface area contributed by atoms with Crippen LogP contribution in [0.25, 0.3) is 10.2 Å². The van der Waals surface area contributed by atoms with Gasteiger partial charge in [-0.2, -0.15) is 0 Å². The molecule has 0 aliphatic rings. The van der Waals surface area contributed by atoms with Crippen molar-refractivity contribution in [1.82, 2.24) is 20.2 Å². The minimum Gasteiger partial charge on any atom is -0.352 e. The van der Waals surface area contributed by atoms with Gasteiger partial charge in [-0.1, -0.05) is 12.1 Å². The number of hydrogen-bond acceptors (Lipinski definition) is 5. The SMILES string of the molecule is CC(=O)NCc1ccc(C(=O)N(C)Cc2nc3ccsc3c(=O)[nH]2)cc1. The van der Waals surface area contributed by atoms with Crippen LogP contribution in [0.3, 0.4) is 0 Å². The molecule has 3 aromatic rings. The second kappa shape index (κ2) is 7.49. The van der Waals surface area contributed by atoms with Crippen molar-refractivity contribution >= 4 is 33.4 Å². The molecule has 0 atom stereocenters. The highest BCUT2D eigenvalue weighted by atomic mass is 32.1. The highest BCUT2D eigenvalue weighted by molar-refractivity contribution is 7.17. The number of H-pyrrole nitrogens is 1. The Bertz CT molecular complexity index is 1010. The molecule has 3 rings (SSSR count). The molecule has 0 saturated heterocycles. The molecular weight excluding hydrogens is 352 g/mol. The van der Waals surface area contributed by atoms with Gasteiger partial charge in [-0.05, 0) is 29.1 Å². The molecule has 0 fully saturated rings. The number of aromatic nitrogens is 2. The molecule has 7 nitrogen and oxygen atoms in total. The smallest absolute Gasteiger partial charge is 0.268 e. The van der Waals surface area contributed by atoms with Gasteiger partial charge in [0, 0.05) is 26.1 Å². The Labute approximate surface area is 153 Å². The second-order valence-electron chi connectivity index (χ2n) is 5.92. The maximum atomic E-state index is 12.6. The first-order chi connectivity index (χ1) is 12.4. The van der Waals surface area contributed by atoms with Crippen LogP contribution < -0.4 is 10.9 Å². The maximum Gasteiger partial charge on any atom is 0.268 e. The summed E-state index contributed by atoms with van der Waals surface area (Å²) in [7, 11) is 1.66. The molecule has 0 unspecified atom stereocenters. The van der Waals surface area contributed by atoms with E-state index in [1.165, 1.54) is 23.2 Å². The summed E-state index contributed by atoms with van der Waals surface area (Å²) in [5.74, 6) is 0.164. The summed E-state index contributed by atoms with van der Waals surface area (Å²) >= 11 is 1.34. The van der Waals surface area contributed by atoms with Gasteiger partial charge in [-0.25, -0.2) is 4.98 Å². The van der Waals surface area contributed by atoms with Gasteiger partial charge in [0.15, 0.2) is 0 Å². The Hall–Kier alpha value is -3.00. The summed E-state index contributed by atoms with van der Waals surface area (Å²) in [6.45, 7) is 2.08. The first-order valence-electron chi connectivity index (χ1n) is 7.99. The molecule has 0 radical (unpaired) electrons. The molecule has 0 saturated carbocycles. The molecule has 0 spiro atoms. The summed E-state index contributed by atoms with van der Waals surface area (Å²) in [6.07, 6.45) is 0. The molecule has 0 aliphatic carbocycles. The number of aromatic amines is 1. The molecule has 26 heavy (non-hydrogen) atoms. The molecule has 2 heterocycles. The van der Waals surface area contributed by atoms with Gasteiger partial charge in [0.1, 0.15) is 10.5 Å². The quantitative estimate of drug-likeness (QED) is 0.717. The van der Waals surface area contributed by atoms with Crippen molar-refractivity contribution in [3.63, 3.8) is 0 Å². The monoisotopic (exact) mass is 370 g/mol. The van der Waals surface area contributed by atoms with Crippen LogP contribution in [0.5, 0.6) is 0 Å². The lowest BCUT2D eigenvalue weighted by Gasteiger charge is -2.17. The number of carbonyl (C=O) groups excluding carboxylic acids is 2. The summed E-state index contributed by atoms with van der Waals surface area (Å²) in [5.41, 5.74) is 1.88. The van der Waals surface area contributed by atoms with Crippen LogP contribution >= 0.6 is 11.3 Å². The fraction of sp³-hybridized carbons (Fsp3) is 0.222. The third-order valence-corrected chi connectivity index (χ3v) is 4.74. The van der Waals surface area contributed by atoms with E-state index in [0.717, 1.165) is 5.56 Å². The first-order valence-corrected chi connectivity index (χ1v) is 8.87. The number of hydrogen-bond donors (Lipinski definition) is 2. The number of benzene rings is 1. The van der Waals surface area contributed by atoms with Gasteiger partial charge in [-0.15, -0.1) is 11.3 Å². The normalized spacial score (nSPS) is 10.7. The Morgan fingerprint density at radius 3 is 2.65 bits per heavy atom. The number of thiophene rings is 1. The van der Waals surface area contributed by atoms with Crippen molar-refractivity contribution in [2.24, 2.45) is 0 Å². The summed E-state index contributed by atoms with van der Waals surface area (Å²) in [6, 6.07) is 8.82. The zero-order valence-electron chi connectivity index (χ0n) is 14.4. The highest BCUT2D eigenvalue weighted by Crippen LogP contribution is 2.14. The lowest BCUT2D eigenvalue weighted by molar-refractivity contribution is -0.119.